The summed E-state index contributed by atoms with van der Waals surface area (Å²) in [6.07, 6.45) is 11.8. The zero-order valence-electron chi connectivity index (χ0n) is 11.3. The largest absolute Gasteiger partial charge is 0.0953 e. The molecule has 0 N–H and O–H groups in total. The quantitative estimate of drug-likeness (QED) is 0.515. The Hall–Kier alpha value is -0.910. The maximum Gasteiger partial charge on any atom is 0.0953 e. The summed E-state index contributed by atoms with van der Waals surface area (Å²) in [4.78, 5) is 0. The van der Waals surface area contributed by atoms with Crippen molar-refractivity contribution in [3.63, 3.8) is 0 Å². The highest BCUT2D eigenvalue weighted by atomic mass is 14.4. The van der Waals surface area contributed by atoms with Crippen LogP contribution < -0.4 is 0 Å². The van der Waals surface area contributed by atoms with E-state index in [4.69, 9.17) is 2.74 Å². The van der Waals surface area contributed by atoms with Crippen molar-refractivity contribution in [3.8, 4) is 0 Å². The van der Waals surface area contributed by atoms with Crippen LogP contribution in [0.15, 0.2) is 34.9 Å². The minimum absolute atomic E-state index is 0.253. The lowest BCUT2D eigenvalue weighted by Gasteiger charge is -2.36. The molecule has 0 heterocycles. The van der Waals surface area contributed by atoms with Crippen molar-refractivity contribution in [2.75, 3.05) is 0 Å². The molecule has 2 bridgehead atoms. The lowest BCUT2D eigenvalue weighted by atomic mass is 9.66. The second-order valence-corrected chi connectivity index (χ2v) is 4.98. The van der Waals surface area contributed by atoms with Crippen LogP contribution in [-0.2, 0) is 0 Å². The van der Waals surface area contributed by atoms with Gasteiger partial charge in [-0.15, -0.1) is 0 Å². The molecule has 3 fully saturated rings. The Balaban J connectivity index is 2.07. The predicted octanol–water partition coefficient (Wildman–Crippen LogP) is 4.21. The molecule has 0 saturated heterocycles. The fourth-order valence-corrected chi connectivity index (χ4v) is 3.00. The van der Waals surface area contributed by atoms with Gasteiger partial charge in [-0.2, -0.15) is 0 Å². The molecular weight excluding hydrogens is 180 g/mol. The molecular formula is C15H19+. The highest BCUT2D eigenvalue weighted by Gasteiger charge is 2.35. The monoisotopic (exact) mass is 201 g/mol. The van der Waals surface area contributed by atoms with Crippen LogP contribution in [0.3, 0.4) is 0 Å². The Morgan fingerprint density at radius 1 is 1.33 bits per heavy atom. The van der Waals surface area contributed by atoms with Crippen LogP contribution >= 0.6 is 0 Å². The average molecular weight is 201 g/mol. The fourth-order valence-electron chi connectivity index (χ4n) is 3.00. The molecule has 0 amide bonds. The van der Waals surface area contributed by atoms with Gasteiger partial charge in [0.25, 0.3) is 0 Å². The third-order valence-corrected chi connectivity index (χ3v) is 3.82. The molecule has 0 atom stereocenters. The average Bonchev–Trinajstić information content (AvgIpc) is 2.29. The summed E-state index contributed by atoms with van der Waals surface area (Å²) in [5.41, 5.74) is 3.46. The normalized spacial score (nSPS) is 44.2. The first-order valence-electron chi connectivity index (χ1n) is 7.03. The summed E-state index contributed by atoms with van der Waals surface area (Å²) in [5, 5.41) is 0. The van der Waals surface area contributed by atoms with Crippen molar-refractivity contribution < 1.29 is 2.74 Å². The highest BCUT2D eigenvalue weighted by Crippen LogP contribution is 2.46. The van der Waals surface area contributed by atoms with Gasteiger partial charge in [-0.25, -0.2) is 0 Å². The molecule has 0 unspecified atom stereocenters. The third-order valence-electron chi connectivity index (χ3n) is 3.82. The molecule has 0 aromatic rings. The van der Waals surface area contributed by atoms with E-state index < -0.39 is 6.37 Å². The summed E-state index contributed by atoms with van der Waals surface area (Å²) >= 11 is 0. The summed E-state index contributed by atoms with van der Waals surface area (Å²) in [6, 6.07) is 0. The molecule has 0 aliphatic heterocycles. The van der Waals surface area contributed by atoms with Crippen molar-refractivity contribution in [1.29, 1.82) is 0 Å². The minimum atomic E-state index is -1.07. The first-order chi connectivity index (χ1) is 8.09. The van der Waals surface area contributed by atoms with Gasteiger partial charge in [-0.3, -0.25) is 0 Å². The Kier molecular flexibility index (Phi) is 1.77. The standard InChI is InChI=1S/C15H19/c1-11-3-2-4-14(9-11)15-10-12-5-7-13(15)8-6-12/h2-4,9,12-13H,5-8,10H2,1H3/q+1/b15-14-/i10D2. The van der Waals surface area contributed by atoms with E-state index in [1.54, 1.807) is 0 Å². The summed E-state index contributed by atoms with van der Waals surface area (Å²) < 4.78 is 16.8. The van der Waals surface area contributed by atoms with Crippen LogP contribution in [0.25, 0.3) is 0 Å². The van der Waals surface area contributed by atoms with Crippen LogP contribution in [0.2, 0.25) is 0 Å². The van der Waals surface area contributed by atoms with Gasteiger partial charge in [0, 0.05) is 50.8 Å². The molecule has 0 spiro atoms. The van der Waals surface area contributed by atoms with Gasteiger partial charge in [0.15, 0.2) is 0 Å². The van der Waals surface area contributed by atoms with E-state index in [2.05, 4.69) is 31.6 Å². The second kappa shape index (κ2) is 3.59. The zero-order valence-corrected chi connectivity index (χ0v) is 9.29. The molecule has 0 heteroatoms. The van der Waals surface area contributed by atoms with E-state index in [1.807, 2.05) is 0 Å². The number of hydrogen-bond donors (Lipinski definition) is 0. The second-order valence-electron chi connectivity index (χ2n) is 4.98. The Morgan fingerprint density at radius 2 is 2.13 bits per heavy atom. The van der Waals surface area contributed by atoms with E-state index in [0.717, 1.165) is 24.0 Å². The predicted molar refractivity (Wildman–Crippen MR) is 64.3 cm³/mol. The topological polar surface area (TPSA) is 0 Å². The van der Waals surface area contributed by atoms with E-state index >= 15 is 0 Å². The first-order valence-corrected chi connectivity index (χ1v) is 6.03. The summed E-state index contributed by atoms with van der Waals surface area (Å²) in [7, 11) is 0. The molecule has 3 saturated carbocycles. The van der Waals surface area contributed by atoms with E-state index in [9.17, 15) is 0 Å². The van der Waals surface area contributed by atoms with Gasteiger partial charge < -0.3 is 0 Å². The van der Waals surface area contributed by atoms with Gasteiger partial charge in [0.2, 0.25) is 0 Å². The zero-order chi connectivity index (χ0) is 12.0. The number of hydrogen-bond acceptors (Lipinski definition) is 0. The van der Waals surface area contributed by atoms with Crippen LogP contribution in [0.1, 0.15) is 41.7 Å². The molecule has 78 valence electrons. The number of rotatable bonds is 0. The maximum atomic E-state index is 8.41. The van der Waals surface area contributed by atoms with E-state index in [1.165, 1.54) is 18.4 Å². The minimum Gasteiger partial charge on any atom is -0.0479 e. The van der Waals surface area contributed by atoms with Gasteiger partial charge in [0.05, 0.1) is 5.57 Å². The Morgan fingerprint density at radius 3 is 2.80 bits per heavy atom. The molecule has 4 aliphatic carbocycles. The summed E-state index contributed by atoms with van der Waals surface area (Å²) in [6.45, 7) is 2.08. The highest BCUT2D eigenvalue weighted by molar-refractivity contribution is 5.46. The van der Waals surface area contributed by atoms with Crippen LogP contribution in [0, 0.1) is 18.3 Å². The van der Waals surface area contributed by atoms with Crippen molar-refractivity contribution in [3.05, 3.63) is 41.4 Å². The van der Waals surface area contributed by atoms with Gasteiger partial charge in [-0.05, 0) is 38.5 Å². The van der Waals surface area contributed by atoms with Gasteiger partial charge in [-0.1, -0.05) is 0 Å². The lowest BCUT2D eigenvalue weighted by molar-refractivity contribution is 0.238. The van der Waals surface area contributed by atoms with Crippen LogP contribution in [-0.4, -0.2) is 0 Å². The van der Waals surface area contributed by atoms with Crippen LogP contribution in [0.4, 0.5) is 0 Å². The third kappa shape index (κ3) is 1.67. The maximum absolute atomic E-state index is 8.41. The smallest absolute Gasteiger partial charge is 0.0479 e. The van der Waals surface area contributed by atoms with Crippen molar-refractivity contribution >= 4 is 0 Å². The number of fused-ring (bicyclic) bond motifs is 3. The number of allylic oxidation sites excluding steroid dienone is 6. The van der Waals surface area contributed by atoms with Crippen molar-refractivity contribution in [2.45, 2.75) is 39.0 Å². The fraction of sp³-hybridized carbons (Fsp3) is 0.533. The first kappa shape index (κ1) is 7.38. The van der Waals surface area contributed by atoms with Crippen LogP contribution in [0.5, 0.6) is 0 Å². The van der Waals surface area contributed by atoms with Gasteiger partial charge >= 0.3 is 0 Å². The summed E-state index contributed by atoms with van der Waals surface area (Å²) in [5.74, 6) is 0.736. The Labute approximate surface area is 95.6 Å². The molecule has 4 rings (SSSR count). The molecule has 0 aromatic heterocycles. The van der Waals surface area contributed by atoms with E-state index in [-0.39, 0.29) is 5.92 Å². The van der Waals surface area contributed by atoms with Crippen molar-refractivity contribution in [2.24, 2.45) is 11.8 Å². The molecule has 15 heavy (non-hydrogen) atoms. The molecule has 0 nitrogen and oxygen atoms in total. The Bertz CT molecular complexity index is 418. The molecule has 0 radical (unpaired) electrons. The van der Waals surface area contributed by atoms with E-state index in [0.29, 0.717) is 5.92 Å². The molecule has 0 aromatic carbocycles. The lowest BCUT2D eigenvalue weighted by Crippen LogP contribution is -2.25. The van der Waals surface area contributed by atoms with Crippen molar-refractivity contribution in [1.82, 2.24) is 0 Å². The SMILES string of the molecule is [2H]C1([2H])/C(=C2/C=C(C)C=C[CH+]2)C2CCC1CC2. The van der Waals surface area contributed by atoms with Gasteiger partial charge in [0.1, 0.15) is 0 Å². The molecule has 4 aliphatic rings.